The average molecular weight is 410 g/mol. The van der Waals surface area contributed by atoms with Crippen LogP contribution in [0, 0.1) is 0 Å². The maximum atomic E-state index is 10.4. The smallest absolute Gasteiger partial charge is 0.303 e. The molecule has 0 fully saturated rings. The first-order chi connectivity index (χ1) is 14.8. The Morgan fingerprint density at radius 2 is 1.33 bits per heavy atom. The zero-order valence-corrected chi connectivity index (χ0v) is 18.5. The number of hydrogen-bond donors (Lipinski definition) is 1. The number of carboxylic acid groups (broad SMARTS) is 1. The summed E-state index contributed by atoms with van der Waals surface area (Å²) in [6.07, 6.45) is 21.8. The molecule has 0 unspecified atom stereocenters. The third-order valence-electron chi connectivity index (χ3n) is 5.64. The molecule has 30 heavy (non-hydrogen) atoms. The van der Waals surface area contributed by atoms with Crippen molar-refractivity contribution in [2.75, 3.05) is 0 Å². The maximum Gasteiger partial charge on any atom is 0.303 e. The summed E-state index contributed by atoms with van der Waals surface area (Å²) in [4.78, 5) is 15.2. The number of aliphatic carboxylic acids is 1. The first kappa shape index (κ1) is 24.1. The Bertz CT molecular complexity index is 753. The van der Waals surface area contributed by atoms with Gasteiger partial charge in [-0.15, -0.1) is 0 Å². The Morgan fingerprint density at radius 3 is 2.03 bits per heavy atom. The topological polar surface area (TPSA) is 50.2 Å². The van der Waals surface area contributed by atoms with E-state index in [2.05, 4.69) is 48.6 Å². The molecule has 0 bridgehead atoms. The number of pyridine rings is 1. The van der Waals surface area contributed by atoms with E-state index >= 15 is 0 Å². The number of para-hydroxylation sites is 1. The Kier molecular flexibility index (Phi) is 12.6. The van der Waals surface area contributed by atoms with Crippen molar-refractivity contribution in [3.8, 4) is 0 Å². The molecule has 1 aromatic carbocycles. The molecule has 1 heterocycles. The second-order valence-electron chi connectivity index (χ2n) is 8.33. The minimum Gasteiger partial charge on any atom is -0.481 e. The summed E-state index contributed by atoms with van der Waals surface area (Å²) in [5.74, 6) is -0.670. The van der Waals surface area contributed by atoms with E-state index in [1.54, 1.807) is 0 Å². The molecule has 2 rings (SSSR count). The predicted octanol–water partition coefficient (Wildman–Crippen LogP) is 7.88. The van der Waals surface area contributed by atoms with Gasteiger partial charge in [-0.05, 0) is 57.1 Å². The fourth-order valence-electron chi connectivity index (χ4n) is 3.83. The number of rotatable bonds is 17. The molecule has 0 aliphatic heterocycles. The van der Waals surface area contributed by atoms with Crippen LogP contribution in [0.4, 0.5) is 0 Å². The van der Waals surface area contributed by atoms with Gasteiger partial charge < -0.3 is 5.11 Å². The van der Waals surface area contributed by atoms with Crippen molar-refractivity contribution in [2.24, 2.45) is 0 Å². The fourth-order valence-corrected chi connectivity index (χ4v) is 3.83. The van der Waals surface area contributed by atoms with Crippen LogP contribution in [0.5, 0.6) is 0 Å². The van der Waals surface area contributed by atoms with Gasteiger partial charge in [-0.25, -0.2) is 0 Å². The summed E-state index contributed by atoms with van der Waals surface area (Å²) < 4.78 is 0. The highest BCUT2D eigenvalue weighted by Gasteiger charge is 1.99. The van der Waals surface area contributed by atoms with Crippen LogP contribution in [-0.2, 0) is 11.2 Å². The second-order valence-corrected chi connectivity index (χ2v) is 8.33. The molecular weight excluding hydrogens is 370 g/mol. The van der Waals surface area contributed by atoms with Crippen LogP contribution < -0.4 is 0 Å². The molecule has 0 amide bonds. The van der Waals surface area contributed by atoms with E-state index in [0.717, 1.165) is 31.2 Å². The number of carbonyl (C=O) groups is 1. The molecular formula is C27H39NO2. The van der Waals surface area contributed by atoms with Crippen molar-refractivity contribution < 1.29 is 9.90 Å². The lowest BCUT2D eigenvalue weighted by atomic mass is 10.1. The van der Waals surface area contributed by atoms with Gasteiger partial charge in [0.2, 0.25) is 0 Å². The van der Waals surface area contributed by atoms with E-state index in [4.69, 9.17) is 10.1 Å². The van der Waals surface area contributed by atoms with Crippen LogP contribution in [0.2, 0.25) is 0 Å². The third kappa shape index (κ3) is 11.1. The zero-order valence-electron chi connectivity index (χ0n) is 18.5. The van der Waals surface area contributed by atoms with E-state index in [1.165, 1.54) is 75.3 Å². The Morgan fingerprint density at radius 1 is 0.733 bits per heavy atom. The highest BCUT2D eigenvalue weighted by molar-refractivity contribution is 5.78. The number of benzene rings is 1. The van der Waals surface area contributed by atoms with Crippen LogP contribution in [-0.4, -0.2) is 16.1 Å². The number of hydrogen-bond acceptors (Lipinski definition) is 2. The molecule has 0 radical (unpaired) electrons. The Balaban J connectivity index is 1.36. The Hall–Kier alpha value is -2.16. The molecule has 2 aromatic rings. The monoisotopic (exact) mass is 409 g/mol. The molecule has 1 aromatic heterocycles. The maximum absolute atomic E-state index is 10.4. The number of fused-ring (bicyclic) bond motifs is 1. The van der Waals surface area contributed by atoms with Crippen molar-refractivity contribution in [1.82, 2.24) is 4.98 Å². The fraction of sp³-hybridized carbons (Fsp3) is 0.556. The normalized spacial score (nSPS) is 11.5. The summed E-state index contributed by atoms with van der Waals surface area (Å²) in [6, 6.07) is 12.7. The Labute approximate surface area is 182 Å². The molecule has 0 atom stereocenters. The van der Waals surface area contributed by atoms with E-state index in [0.29, 0.717) is 6.42 Å². The number of aryl methyl sites for hydroxylation is 1. The number of aromatic nitrogens is 1. The quantitative estimate of drug-likeness (QED) is 0.213. The van der Waals surface area contributed by atoms with Gasteiger partial charge >= 0.3 is 5.97 Å². The van der Waals surface area contributed by atoms with E-state index < -0.39 is 5.97 Å². The average Bonchev–Trinajstić information content (AvgIpc) is 2.75. The number of allylic oxidation sites excluding steroid dienone is 2. The first-order valence-electron chi connectivity index (χ1n) is 12.0. The lowest BCUT2D eigenvalue weighted by Crippen LogP contribution is -1.93. The predicted molar refractivity (Wildman–Crippen MR) is 127 cm³/mol. The van der Waals surface area contributed by atoms with Crippen molar-refractivity contribution in [2.45, 2.75) is 96.3 Å². The van der Waals surface area contributed by atoms with E-state index in [-0.39, 0.29) is 0 Å². The summed E-state index contributed by atoms with van der Waals surface area (Å²) >= 11 is 0. The van der Waals surface area contributed by atoms with Crippen LogP contribution in [0.25, 0.3) is 10.9 Å². The number of unbranched alkanes of at least 4 members (excludes halogenated alkanes) is 11. The van der Waals surface area contributed by atoms with Gasteiger partial charge in [0.1, 0.15) is 0 Å². The van der Waals surface area contributed by atoms with Gasteiger partial charge in [0.05, 0.1) is 5.52 Å². The largest absolute Gasteiger partial charge is 0.481 e. The number of carboxylic acids is 1. The van der Waals surface area contributed by atoms with Crippen LogP contribution in [0.15, 0.2) is 48.6 Å². The molecule has 1 N–H and O–H groups in total. The summed E-state index contributed by atoms with van der Waals surface area (Å²) in [6.45, 7) is 0. The minimum absolute atomic E-state index is 0.321. The third-order valence-corrected chi connectivity index (χ3v) is 5.64. The van der Waals surface area contributed by atoms with Gasteiger partial charge in [0.15, 0.2) is 0 Å². The van der Waals surface area contributed by atoms with Crippen molar-refractivity contribution >= 4 is 16.9 Å². The molecule has 0 aliphatic carbocycles. The van der Waals surface area contributed by atoms with Gasteiger partial charge in [-0.1, -0.05) is 81.4 Å². The van der Waals surface area contributed by atoms with Crippen molar-refractivity contribution in [1.29, 1.82) is 0 Å². The van der Waals surface area contributed by atoms with Gasteiger partial charge in [0, 0.05) is 17.5 Å². The molecule has 3 nitrogen and oxygen atoms in total. The lowest BCUT2D eigenvalue weighted by Gasteiger charge is -2.03. The molecule has 0 saturated carbocycles. The van der Waals surface area contributed by atoms with Crippen LogP contribution in [0.1, 0.15) is 95.6 Å². The van der Waals surface area contributed by atoms with E-state index in [9.17, 15) is 4.79 Å². The highest BCUT2D eigenvalue weighted by Crippen LogP contribution is 2.15. The van der Waals surface area contributed by atoms with Crippen molar-refractivity contribution in [3.05, 3.63) is 54.2 Å². The summed E-state index contributed by atoms with van der Waals surface area (Å²) in [5, 5.41) is 9.81. The molecule has 0 aliphatic rings. The molecule has 0 saturated heterocycles. The molecule has 164 valence electrons. The highest BCUT2D eigenvalue weighted by atomic mass is 16.4. The van der Waals surface area contributed by atoms with Gasteiger partial charge in [-0.3, -0.25) is 9.78 Å². The summed E-state index contributed by atoms with van der Waals surface area (Å²) in [7, 11) is 0. The molecule has 0 spiro atoms. The molecule has 3 heteroatoms. The van der Waals surface area contributed by atoms with Crippen molar-refractivity contribution in [3.63, 3.8) is 0 Å². The number of nitrogens with zero attached hydrogens (tertiary/aromatic N) is 1. The minimum atomic E-state index is -0.670. The second kappa shape index (κ2) is 15.6. The van der Waals surface area contributed by atoms with Gasteiger partial charge in [-0.2, -0.15) is 0 Å². The van der Waals surface area contributed by atoms with Gasteiger partial charge in [0.25, 0.3) is 0 Å². The van der Waals surface area contributed by atoms with E-state index in [1.807, 2.05) is 0 Å². The standard InChI is InChI=1S/C27H39NO2/c29-27(30)21-15-13-11-9-7-5-3-1-2-4-6-8-10-12-14-19-25-23-22-24-18-16-17-20-26(24)28-25/h1,3,16-18,20,22-23H,2,4-15,19,21H2,(H,29,30)/b3-1-. The summed E-state index contributed by atoms with van der Waals surface area (Å²) in [5.41, 5.74) is 2.33. The van der Waals surface area contributed by atoms with Crippen LogP contribution in [0.3, 0.4) is 0 Å². The van der Waals surface area contributed by atoms with Crippen LogP contribution >= 0.6 is 0 Å². The zero-order chi connectivity index (χ0) is 21.3. The first-order valence-corrected chi connectivity index (χ1v) is 12.0. The lowest BCUT2D eigenvalue weighted by molar-refractivity contribution is -0.137. The SMILES string of the molecule is O=C(O)CCCCCCC/C=C\CCCCCCCCc1ccc2ccccc2n1.